The van der Waals surface area contributed by atoms with Gasteiger partial charge in [-0.15, -0.1) is 0 Å². The molecule has 0 aliphatic carbocycles. The standard InChI is InChI=1S/C18H18F4N4O3/c1-18(2)6-12(16(28)24-9-5-13(27)25-23-7-9)26(8-18)11-4-3-10(19)14(20)15(11)29-17(21)22/h3-5,7,12,17H,6,8H2,1-2H3,(H2,24,25,27,28). The summed E-state index contributed by atoms with van der Waals surface area (Å²) in [7, 11) is 0. The Morgan fingerprint density at radius 2 is 2.10 bits per heavy atom. The van der Waals surface area contributed by atoms with Crippen molar-refractivity contribution in [3.8, 4) is 5.75 Å². The molecule has 1 amide bonds. The lowest BCUT2D eigenvalue weighted by Gasteiger charge is -2.28. The molecule has 7 nitrogen and oxygen atoms in total. The zero-order chi connectivity index (χ0) is 21.3. The number of carbonyl (C=O) groups is 1. The van der Waals surface area contributed by atoms with Gasteiger partial charge in [-0.05, 0) is 24.0 Å². The monoisotopic (exact) mass is 414 g/mol. The third kappa shape index (κ3) is 4.49. The Morgan fingerprint density at radius 3 is 2.76 bits per heavy atom. The highest BCUT2D eigenvalue weighted by Crippen LogP contribution is 2.43. The van der Waals surface area contributed by atoms with Crippen LogP contribution in [0.5, 0.6) is 5.75 Å². The van der Waals surface area contributed by atoms with Crippen molar-refractivity contribution < 1.29 is 27.1 Å². The molecule has 0 saturated carbocycles. The van der Waals surface area contributed by atoms with Crippen LogP contribution >= 0.6 is 0 Å². The topological polar surface area (TPSA) is 87.3 Å². The average Bonchev–Trinajstić information content (AvgIpc) is 2.94. The molecule has 1 aromatic heterocycles. The Hall–Kier alpha value is -3.11. The van der Waals surface area contributed by atoms with E-state index < -0.39 is 46.9 Å². The SMILES string of the molecule is CC1(C)CC(C(=O)Nc2cn[nH]c(=O)c2)N(c2ccc(F)c(F)c2OC(F)F)C1. The summed E-state index contributed by atoms with van der Waals surface area (Å²) >= 11 is 0. The van der Waals surface area contributed by atoms with E-state index in [0.717, 1.165) is 18.2 Å². The molecule has 1 aromatic carbocycles. The Bertz CT molecular complexity index is 980. The van der Waals surface area contributed by atoms with Gasteiger partial charge in [0.15, 0.2) is 11.6 Å². The molecule has 1 fully saturated rings. The molecule has 2 heterocycles. The second kappa shape index (κ2) is 7.72. The summed E-state index contributed by atoms with van der Waals surface area (Å²) in [6.45, 7) is 0.504. The van der Waals surface area contributed by atoms with Gasteiger partial charge in [0, 0.05) is 12.6 Å². The number of benzene rings is 1. The van der Waals surface area contributed by atoms with Crippen LogP contribution in [0.2, 0.25) is 0 Å². The van der Waals surface area contributed by atoms with Crippen LogP contribution in [0, 0.1) is 17.0 Å². The first kappa shape index (κ1) is 20.6. The molecule has 1 aliphatic heterocycles. The van der Waals surface area contributed by atoms with Crippen LogP contribution < -0.4 is 20.5 Å². The van der Waals surface area contributed by atoms with E-state index in [1.54, 1.807) is 0 Å². The maximum atomic E-state index is 14.2. The fourth-order valence-corrected chi connectivity index (χ4v) is 3.38. The Kier molecular flexibility index (Phi) is 5.49. The molecule has 3 rings (SSSR count). The number of H-pyrrole nitrogens is 1. The number of carbonyl (C=O) groups excluding carboxylic acids is 1. The zero-order valence-corrected chi connectivity index (χ0v) is 15.5. The van der Waals surface area contributed by atoms with Gasteiger partial charge in [0.2, 0.25) is 11.7 Å². The Labute approximate surface area is 162 Å². The summed E-state index contributed by atoms with van der Waals surface area (Å²) in [6, 6.07) is 2.09. The molecule has 1 unspecified atom stereocenters. The quantitative estimate of drug-likeness (QED) is 0.735. The molecule has 0 spiro atoms. The number of hydrogen-bond donors (Lipinski definition) is 2. The first-order chi connectivity index (χ1) is 13.6. The van der Waals surface area contributed by atoms with Crippen molar-refractivity contribution in [1.82, 2.24) is 10.2 Å². The summed E-state index contributed by atoms with van der Waals surface area (Å²) in [6.07, 6.45) is 1.52. The fourth-order valence-electron chi connectivity index (χ4n) is 3.38. The van der Waals surface area contributed by atoms with Crippen LogP contribution in [0.15, 0.2) is 29.2 Å². The van der Waals surface area contributed by atoms with E-state index in [2.05, 4.69) is 20.3 Å². The second-order valence-corrected chi connectivity index (χ2v) is 7.42. The lowest BCUT2D eigenvalue weighted by molar-refractivity contribution is -0.117. The van der Waals surface area contributed by atoms with Gasteiger partial charge in [0.05, 0.1) is 17.6 Å². The number of nitrogens with one attached hydrogen (secondary N) is 2. The van der Waals surface area contributed by atoms with Crippen LogP contribution in [0.4, 0.5) is 28.9 Å². The summed E-state index contributed by atoms with van der Waals surface area (Å²) in [4.78, 5) is 25.6. The van der Waals surface area contributed by atoms with Gasteiger partial charge in [0.1, 0.15) is 6.04 Å². The molecular weight excluding hydrogens is 396 g/mol. The number of rotatable bonds is 5. The Balaban J connectivity index is 1.97. The van der Waals surface area contributed by atoms with Crippen LogP contribution in [-0.4, -0.2) is 35.3 Å². The highest BCUT2D eigenvalue weighted by atomic mass is 19.3. The van der Waals surface area contributed by atoms with Gasteiger partial charge in [-0.1, -0.05) is 13.8 Å². The van der Waals surface area contributed by atoms with Gasteiger partial charge >= 0.3 is 6.61 Å². The predicted molar refractivity (Wildman–Crippen MR) is 96.0 cm³/mol. The lowest BCUT2D eigenvalue weighted by atomic mass is 9.90. The van der Waals surface area contributed by atoms with Crippen LogP contribution in [0.1, 0.15) is 20.3 Å². The van der Waals surface area contributed by atoms with Crippen LogP contribution in [0.3, 0.4) is 0 Å². The van der Waals surface area contributed by atoms with Crippen molar-refractivity contribution in [2.45, 2.75) is 32.9 Å². The van der Waals surface area contributed by atoms with E-state index in [1.165, 1.54) is 11.1 Å². The molecule has 0 radical (unpaired) electrons. The Morgan fingerprint density at radius 1 is 1.38 bits per heavy atom. The number of alkyl halides is 2. The molecule has 156 valence electrons. The van der Waals surface area contributed by atoms with Gasteiger partial charge in [-0.2, -0.15) is 18.3 Å². The van der Waals surface area contributed by atoms with Gasteiger partial charge in [-0.25, -0.2) is 9.49 Å². The van der Waals surface area contributed by atoms with E-state index >= 15 is 0 Å². The number of amides is 1. The fraction of sp³-hybridized carbons (Fsp3) is 0.389. The number of hydrogen-bond acceptors (Lipinski definition) is 5. The highest BCUT2D eigenvalue weighted by molar-refractivity contribution is 5.97. The first-order valence-corrected chi connectivity index (χ1v) is 8.62. The summed E-state index contributed by atoms with van der Waals surface area (Å²) in [5, 5.41) is 8.27. The van der Waals surface area contributed by atoms with Crippen molar-refractivity contribution in [3.05, 3.63) is 46.4 Å². The average molecular weight is 414 g/mol. The number of anilines is 2. The highest BCUT2D eigenvalue weighted by Gasteiger charge is 2.43. The minimum absolute atomic E-state index is 0.137. The van der Waals surface area contributed by atoms with Crippen molar-refractivity contribution in [3.63, 3.8) is 0 Å². The van der Waals surface area contributed by atoms with E-state index in [0.29, 0.717) is 6.42 Å². The smallest absolute Gasteiger partial charge is 0.387 e. The van der Waals surface area contributed by atoms with Gasteiger partial charge < -0.3 is 15.0 Å². The summed E-state index contributed by atoms with van der Waals surface area (Å²) in [5.41, 5.74) is -1.00. The van der Waals surface area contributed by atoms with E-state index in [9.17, 15) is 27.2 Å². The second-order valence-electron chi connectivity index (χ2n) is 7.42. The van der Waals surface area contributed by atoms with Crippen LogP contribution in [0.25, 0.3) is 0 Å². The molecule has 1 aliphatic rings. The first-order valence-electron chi connectivity index (χ1n) is 8.62. The number of aromatic amines is 1. The number of halogens is 4. The maximum absolute atomic E-state index is 14.2. The van der Waals surface area contributed by atoms with Crippen molar-refractivity contribution in [1.29, 1.82) is 0 Å². The molecule has 2 aromatic rings. The summed E-state index contributed by atoms with van der Waals surface area (Å²) in [5.74, 6) is -4.44. The molecular formula is C18H18F4N4O3. The summed E-state index contributed by atoms with van der Waals surface area (Å²) < 4.78 is 57.6. The minimum Gasteiger partial charge on any atom is -0.429 e. The molecule has 1 saturated heterocycles. The van der Waals surface area contributed by atoms with Crippen molar-refractivity contribution in [2.75, 3.05) is 16.8 Å². The largest absolute Gasteiger partial charge is 0.429 e. The molecule has 11 heteroatoms. The third-order valence-electron chi connectivity index (χ3n) is 4.50. The molecule has 2 N–H and O–H groups in total. The van der Waals surface area contributed by atoms with Crippen LogP contribution in [-0.2, 0) is 4.79 Å². The minimum atomic E-state index is -3.38. The number of nitrogens with zero attached hydrogens (tertiary/aromatic N) is 2. The van der Waals surface area contributed by atoms with Crippen molar-refractivity contribution >= 4 is 17.3 Å². The number of aromatic nitrogens is 2. The predicted octanol–water partition coefficient (Wildman–Crippen LogP) is 2.89. The third-order valence-corrected chi connectivity index (χ3v) is 4.50. The molecule has 0 bridgehead atoms. The number of ether oxygens (including phenoxy) is 1. The van der Waals surface area contributed by atoms with Gasteiger partial charge in [-0.3, -0.25) is 9.59 Å². The molecule has 1 atom stereocenters. The zero-order valence-electron chi connectivity index (χ0n) is 15.5. The lowest BCUT2D eigenvalue weighted by Crippen LogP contribution is -2.40. The normalized spacial score (nSPS) is 18.2. The van der Waals surface area contributed by atoms with E-state index in [4.69, 9.17) is 0 Å². The van der Waals surface area contributed by atoms with Crippen molar-refractivity contribution in [2.24, 2.45) is 5.41 Å². The maximum Gasteiger partial charge on any atom is 0.387 e. The van der Waals surface area contributed by atoms with E-state index in [1.807, 2.05) is 13.8 Å². The van der Waals surface area contributed by atoms with Gasteiger partial charge in [0.25, 0.3) is 5.56 Å². The van der Waals surface area contributed by atoms with E-state index in [-0.39, 0.29) is 17.9 Å². The molecule has 29 heavy (non-hydrogen) atoms.